The van der Waals surface area contributed by atoms with Crippen LogP contribution in [0.1, 0.15) is 6.42 Å². The topological polar surface area (TPSA) is 67.1 Å². The second kappa shape index (κ2) is 7.38. The maximum absolute atomic E-state index is 11.5. The van der Waals surface area contributed by atoms with Crippen molar-refractivity contribution in [2.45, 2.75) is 6.42 Å². The summed E-state index contributed by atoms with van der Waals surface area (Å²) in [7, 11) is 0. The highest BCUT2D eigenvalue weighted by atomic mass is 79.9. The van der Waals surface area contributed by atoms with E-state index < -0.39 is 0 Å². The van der Waals surface area contributed by atoms with Crippen molar-refractivity contribution in [2.24, 2.45) is 5.73 Å². The van der Waals surface area contributed by atoms with Crippen LogP contribution in [0.5, 0.6) is 0 Å². The second-order valence-corrected chi connectivity index (χ2v) is 4.20. The number of halogens is 1. The summed E-state index contributed by atoms with van der Waals surface area (Å²) in [6.45, 7) is 1.71. The van der Waals surface area contributed by atoms with Crippen molar-refractivity contribution >= 4 is 27.5 Å². The van der Waals surface area contributed by atoms with Crippen LogP contribution in [-0.2, 0) is 4.79 Å². The molecule has 0 aliphatic heterocycles. The molecule has 0 bridgehead atoms. The van der Waals surface area contributed by atoms with Gasteiger partial charge in [0.25, 0.3) is 0 Å². The predicted molar refractivity (Wildman–Crippen MR) is 69.3 cm³/mol. The van der Waals surface area contributed by atoms with Crippen LogP contribution in [0.4, 0.5) is 5.69 Å². The van der Waals surface area contributed by atoms with Crippen molar-refractivity contribution in [2.75, 3.05) is 25.0 Å². The summed E-state index contributed by atoms with van der Waals surface area (Å²) in [4.78, 5) is 11.5. The molecule has 0 saturated carbocycles. The average Bonchev–Trinajstić information content (AvgIpc) is 2.28. The van der Waals surface area contributed by atoms with Gasteiger partial charge in [0.15, 0.2) is 0 Å². The van der Waals surface area contributed by atoms with Crippen molar-refractivity contribution in [3.05, 3.63) is 28.7 Å². The van der Waals surface area contributed by atoms with E-state index in [1.807, 2.05) is 24.3 Å². The van der Waals surface area contributed by atoms with Crippen molar-refractivity contribution in [3.63, 3.8) is 0 Å². The van der Waals surface area contributed by atoms with Crippen LogP contribution in [0.2, 0.25) is 0 Å². The van der Waals surface area contributed by atoms with Crippen LogP contribution in [0.15, 0.2) is 28.7 Å². The van der Waals surface area contributed by atoms with Crippen LogP contribution in [0.25, 0.3) is 0 Å². The van der Waals surface area contributed by atoms with Gasteiger partial charge in [-0.05, 0) is 47.6 Å². The fourth-order valence-electron chi connectivity index (χ4n) is 1.19. The smallest absolute Gasteiger partial charge is 0.238 e. The molecule has 5 heteroatoms. The molecule has 88 valence electrons. The molecule has 0 aromatic heterocycles. The monoisotopic (exact) mass is 285 g/mol. The zero-order valence-electron chi connectivity index (χ0n) is 9.00. The van der Waals surface area contributed by atoms with Gasteiger partial charge < -0.3 is 16.4 Å². The van der Waals surface area contributed by atoms with Crippen LogP contribution in [0, 0.1) is 0 Å². The minimum absolute atomic E-state index is 0.0519. The summed E-state index contributed by atoms with van der Waals surface area (Å²) >= 11 is 3.37. The molecule has 0 aliphatic rings. The number of carbonyl (C=O) groups excluding carboxylic acids is 1. The summed E-state index contributed by atoms with van der Waals surface area (Å²) in [5.41, 5.74) is 6.13. The molecular formula is C11H16BrN3O. The van der Waals surface area contributed by atoms with E-state index in [1.54, 1.807) is 0 Å². The standard InChI is InChI=1S/C11H16BrN3O/c12-9-4-1-2-5-10(9)15-11(16)8-14-7-3-6-13/h1-2,4-5,14H,3,6-8,13H2,(H,15,16). The lowest BCUT2D eigenvalue weighted by atomic mass is 10.3. The Morgan fingerprint density at radius 3 is 2.81 bits per heavy atom. The predicted octanol–water partition coefficient (Wildman–Crippen LogP) is 1.33. The Hall–Kier alpha value is -0.910. The zero-order chi connectivity index (χ0) is 11.8. The normalized spacial score (nSPS) is 10.1. The quantitative estimate of drug-likeness (QED) is 0.691. The van der Waals surface area contributed by atoms with Crippen LogP contribution < -0.4 is 16.4 Å². The van der Waals surface area contributed by atoms with E-state index in [9.17, 15) is 4.79 Å². The van der Waals surface area contributed by atoms with E-state index in [-0.39, 0.29) is 5.91 Å². The molecule has 4 N–H and O–H groups in total. The van der Waals surface area contributed by atoms with Crippen LogP contribution in [-0.4, -0.2) is 25.5 Å². The third-order valence-electron chi connectivity index (χ3n) is 1.99. The lowest BCUT2D eigenvalue weighted by Crippen LogP contribution is -2.29. The summed E-state index contributed by atoms with van der Waals surface area (Å²) in [5, 5.41) is 5.83. The van der Waals surface area contributed by atoms with Crippen molar-refractivity contribution in [1.82, 2.24) is 5.32 Å². The molecule has 0 spiro atoms. The lowest BCUT2D eigenvalue weighted by molar-refractivity contribution is -0.115. The average molecular weight is 286 g/mol. The van der Waals surface area contributed by atoms with E-state index in [2.05, 4.69) is 26.6 Å². The Labute approximate surface area is 104 Å². The summed E-state index contributed by atoms with van der Waals surface area (Å²) < 4.78 is 0.880. The number of carbonyl (C=O) groups is 1. The van der Waals surface area contributed by atoms with E-state index >= 15 is 0 Å². The van der Waals surface area contributed by atoms with Crippen molar-refractivity contribution in [3.8, 4) is 0 Å². The highest BCUT2D eigenvalue weighted by Crippen LogP contribution is 2.20. The molecule has 0 saturated heterocycles. The minimum atomic E-state index is -0.0519. The fraction of sp³-hybridized carbons (Fsp3) is 0.364. The first kappa shape index (κ1) is 13.2. The van der Waals surface area contributed by atoms with Gasteiger partial charge in [0.1, 0.15) is 0 Å². The fourth-order valence-corrected chi connectivity index (χ4v) is 1.57. The molecule has 0 aliphatic carbocycles. The van der Waals surface area contributed by atoms with Gasteiger partial charge in [-0.25, -0.2) is 0 Å². The minimum Gasteiger partial charge on any atom is -0.330 e. The molecule has 0 radical (unpaired) electrons. The molecule has 0 fully saturated rings. The van der Waals surface area contributed by atoms with E-state index in [0.29, 0.717) is 13.1 Å². The molecule has 0 atom stereocenters. The molecular weight excluding hydrogens is 270 g/mol. The van der Waals surface area contributed by atoms with Gasteiger partial charge in [-0.2, -0.15) is 0 Å². The summed E-state index contributed by atoms with van der Waals surface area (Å²) in [5.74, 6) is -0.0519. The van der Waals surface area contributed by atoms with Gasteiger partial charge in [-0.3, -0.25) is 4.79 Å². The number of benzene rings is 1. The summed E-state index contributed by atoms with van der Waals surface area (Å²) in [6, 6.07) is 7.51. The van der Waals surface area contributed by atoms with Gasteiger partial charge >= 0.3 is 0 Å². The van der Waals surface area contributed by atoms with Gasteiger partial charge in [0.05, 0.1) is 12.2 Å². The van der Waals surface area contributed by atoms with E-state index in [0.717, 1.165) is 23.1 Å². The number of nitrogens with one attached hydrogen (secondary N) is 2. The van der Waals surface area contributed by atoms with Crippen molar-refractivity contribution < 1.29 is 4.79 Å². The highest BCUT2D eigenvalue weighted by Gasteiger charge is 2.03. The highest BCUT2D eigenvalue weighted by molar-refractivity contribution is 9.10. The molecule has 1 aromatic rings. The molecule has 4 nitrogen and oxygen atoms in total. The number of hydrogen-bond acceptors (Lipinski definition) is 3. The third kappa shape index (κ3) is 4.74. The van der Waals surface area contributed by atoms with Crippen LogP contribution >= 0.6 is 15.9 Å². The Bertz CT molecular complexity index is 344. The maximum atomic E-state index is 11.5. The number of para-hydroxylation sites is 1. The third-order valence-corrected chi connectivity index (χ3v) is 2.68. The molecule has 0 unspecified atom stereocenters. The van der Waals surface area contributed by atoms with Crippen molar-refractivity contribution in [1.29, 1.82) is 0 Å². The number of rotatable bonds is 6. The molecule has 0 heterocycles. The molecule has 1 aromatic carbocycles. The van der Waals surface area contributed by atoms with Crippen LogP contribution in [0.3, 0.4) is 0 Å². The van der Waals surface area contributed by atoms with Gasteiger partial charge in [-0.15, -0.1) is 0 Å². The number of anilines is 1. The number of amides is 1. The largest absolute Gasteiger partial charge is 0.330 e. The Morgan fingerprint density at radius 1 is 1.38 bits per heavy atom. The number of hydrogen-bond donors (Lipinski definition) is 3. The molecule has 1 amide bonds. The Morgan fingerprint density at radius 2 is 2.12 bits per heavy atom. The van der Waals surface area contributed by atoms with E-state index in [4.69, 9.17) is 5.73 Å². The zero-order valence-corrected chi connectivity index (χ0v) is 10.6. The second-order valence-electron chi connectivity index (χ2n) is 3.35. The maximum Gasteiger partial charge on any atom is 0.238 e. The molecule has 16 heavy (non-hydrogen) atoms. The molecule has 1 rings (SSSR count). The Balaban J connectivity index is 2.32. The Kier molecular flexibility index (Phi) is 6.07. The lowest BCUT2D eigenvalue weighted by Gasteiger charge is -2.07. The first-order chi connectivity index (χ1) is 7.74. The van der Waals surface area contributed by atoms with Gasteiger partial charge in [-0.1, -0.05) is 12.1 Å². The first-order valence-corrected chi connectivity index (χ1v) is 5.98. The SMILES string of the molecule is NCCCNCC(=O)Nc1ccccc1Br. The van der Waals surface area contributed by atoms with E-state index in [1.165, 1.54) is 0 Å². The van der Waals surface area contributed by atoms with Gasteiger partial charge in [0.2, 0.25) is 5.91 Å². The number of nitrogens with two attached hydrogens (primary N) is 1. The van der Waals surface area contributed by atoms with Gasteiger partial charge in [0, 0.05) is 4.47 Å². The first-order valence-electron chi connectivity index (χ1n) is 5.19. The summed E-state index contributed by atoms with van der Waals surface area (Å²) in [6.07, 6.45) is 0.877.